The van der Waals surface area contributed by atoms with Crippen LogP contribution in [-0.4, -0.2) is 0 Å². The summed E-state index contributed by atoms with van der Waals surface area (Å²) >= 11 is 0. The summed E-state index contributed by atoms with van der Waals surface area (Å²) < 4.78 is 0. The van der Waals surface area contributed by atoms with Crippen LogP contribution < -0.4 is 0 Å². The highest BCUT2D eigenvalue weighted by Gasteiger charge is 2.61. The minimum Gasteiger partial charge on any atom is -0.0882 e. The predicted octanol–water partition coefficient (Wildman–Crippen LogP) is 6.22. The number of hydrogen-bond acceptors (Lipinski definition) is 0. The smallest absolute Gasteiger partial charge is 0.0177 e. The summed E-state index contributed by atoms with van der Waals surface area (Å²) in [6.45, 7) is 10.4. The first-order valence-corrected chi connectivity index (χ1v) is 9.55. The molecule has 6 atom stereocenters. The minimum atomic E-state index is 0.576. The fraction of sp³-hybridized carbons (Fsp3) is 0.905. The van der Waals surface area contributed by atoms with Crippen LogP contribution in [0.1, 0.15) is 79.1 Å². The van der Waals surface area contributed by atoms with Gasteiger partial charge in [-0.05, 0) is 91.3 Å². The minimum absolute atomic E-state index is 0.576. The van der Waals surface area contributed by atoms with Gasteiger partial charge in [-0.2, -0.15) is 0 Å². The van der Waals surface area contributed by atoms with E-state index in [9.17, 15) is 0 Å². The van der Waals surface area contributed by atoms with E-state index in [1.165, 1.54) is 51.4 Å². The third-order valence-corrected chi connectivity index (χ3v) is 9.18. The van der Waals surface area contributed by atoms with Gasteiger partial charge in [0.15, 0.2) is 0 Å². The Kier molecular flexibility index (Phi) is 3.00. The van der Waals surface area contributed by atoms with E-state index in [-0.39, 0.29) is 0 Å². The Hall–Kier alpha value is -0.260. The summed E-state index contributed by atoms with van der Waals surface area (Å²) in [6.07, 6.45) is 16.8. The third-order valence-electron chi connectivity index (χ3n) is 9.18. The van der Waals surface area contributed by atoms with E-state index in [0.717, 1.165) is 23.7 Å². The molecule has 0 bridgehead atoms. The summed E-state index contributed by atoms with van der Waals surface area (Å²) in [7, 11) is 0. The summed E-state index contributed by atoms with van der Waals surface area (Å²) in [5.41, 5.74) is 1.83. The molecule has 3 fully saturated rings. The average molecular weight is 287 g/mol. The molecule has 0 nitrogen and oxygen atoms in total. The molecule has 0 spiro atoms. The normalized spacial score (nSPS) is 54.7. The van der Waals surface area contributed by atoms with E-state index in [1.807, 2.05) is 0 Å². The van der Waals surface area contributed by atoms with Crippen molar-refractivity contribution in [3.05, 3.63) is 12.2 Å². The van der Waals surface area contributed by atoms with Crippen LogP contribution in [0.4, 0.5) is 0 Å². The number of rotatable bonds is 0. The third kappa shape index (κ3) is 1.74. The highest BCUT2D eigenvalue weighted by Crippen LogP contribution is 2.69. The Morgan fingerprint density at radius 2 is 1.57 bits per heavy atom. The maximum absolute atomic E-state index is 2.65. The van der Waals surface area contributed by atoms with Gasteiger partial charge < -0.3 is 0 Å². The molecule has 0 saturated heterocycles. The van der Waals surface area contributed by atoms with Crippen molar-refractivity contribution in [1.29, 1.82) is 0 Å². The number of allylic oxidation sites excluding steroid dienone is 2. The lowest BCUT2D eigenvalue weighted by Crippen LogP contribution is -2.53. The van der Waals surface area contributed by atoms with Crippen molar-refractivity contribution in [2.75, 3.05) is 0 Å². The number of hydrogen-bond donors (Lipinski definition) is 0. The lowest BCUT2D eigenvalue weighted by atomic mass is 9.44. The van der Waals surface area contributed by atoms with Gasteiger partial charge in [-0.15, -0.1) is 0 Å². The second-order valence-electron chi connectivity index (χ2n) is 9.91. The summed E-state index contributed by atoms with van der Waals surface area (Å²) in [6, 6.07) is 0. The SMILES string of the molecule is CC1(C)CCC2C3CCC4C=CCC[C@]4(C)C3CC[C@@]21C. The lowest BCUT2D eigenvalue weighted by Gasteiger charge is -2.60. The maximum Gasteiger partial charge on any atom is -0.0177 e. The van der Waals surface area contributed by atoms with E-state index < -0.39 is 0 Å². The summed E-state index contributed by atoms with van der Waals surface area (Å²) in [5, 5.41) is 0. The Bertz CT molecular complexity index is 459. The molecule has 0 aromatic carbocycles. The van der Waals surface area contributed by atoms with Gasteiger partial charge in [0.2, 0.25) is 0 Å². The first-order chi connectivity index (χ1) is 9.88. The van der Waals surface area contributed by atoms with Crippen molar-refractivity contribution in [2.45, 2.75) is 79.1 Å². The summed E-state index contributed by atoms with van der Waals surface area (Å²) in [4.78, 5) is 0. The second kappa shape index (κ2) is 4.39. The highest BCUT2D eigenvalue weighted by molar-refractivity contribution is 5.14. The van der Waals surface area contributed by atoms with E-state index in [0.29, 0.717) is 16.2 Å². The average Bonchev–Trinajstić information content (AvgIpc) is 2.69. The van der Waals surface area contributed by atoms with Gasteiger partial charge in [0, 0.05) is 0 Å². The van der Waals surface area contributed by atoms with Crippen molar-refractivity contribution in [3.8, 4) is 0 Å². The van der Waals surface area contributed by atoms with Crippen LogP contribution >= 0.6 is 0 Å². The van der Waals surface area contributed by atoms with Gasteiger partial charge in [0.25, 0.3) is 0 Å². The molecule has 0 aromatic rings. The van der Waals surface area contributed by atoms with Crippen LogP contribution in [0.5, 0.6) is 0 Å². The van der Waals surface area contributed by atoms with Gasteiger partial charge in [0.05, 0.1) is 0 Å². The first kappa shape index (κ1) is 14.3. The molecule has 4 unspecified atom stereocenters. The number of fused-ring (bicyclic) bond motifs is 5. The van der Waals surface area contributed by atoms with Gasteiger partial charge in [-0.25, -0.2) is 0 Å². The molecule has 4 rings (SSSR count). The zero-order valence-electron chi connectivity index (χ0n) is 14.6. The van der Waals surface area contributed by atoms with Crippen LogP contribution in [0.15, 0.2) is 12.2 Å². The van der Waals surface area contributed by atoms with Crippen molar-refractivity contribution in [3.63, 3.8) is 0 Å². The van der Waals surface area contributed by atoms with Crippen molar-refractivity contribution >= 4 is 0 Å². The molecule has 4 aliphatic carbocycles. The van der Waals surface area contributed by atoms with Crippen LogP contribution in [0, 0.1) is 39.9 Å². The van der Waals surface area contributed by atoms with Gasteiger partial charge in [0.1, 0.15) is 0 Å². The molecule has 0 amide bonds. The Balaban J connectivity index is 1.68. The van der Waals surface area contributed by atoms with E-state index >= 15 is 0 Å². The monoisotopic (exact) mass is 286 g/mol. The predicted molar refractivity (Wildman–Crippen MR) is 90.0 cm³/mol. The fourth-order valence-corrected chi connectivity index (χ4v) is 7.32. The van der Waals surface area contributed by atoms with Gasteiger partial charge in [-0.1, -0.05) is 39.8 Å². The quantitative estimate of drug-likeness (QED) is 0.464. The topological polar surface area (TPSA) is 0 Å². The zero-order chi connectivity index (χ0) is 14.9. The molecule has 0 heterocycles. The molecule has 4 aliphatic rings. The molecule has 21 heavy (non-hydrogen) atoms. The van der Waals surface area contributed by atoms with Gasteiger partial charge in [-0.3, -0.25) is 0 Å². The standard InChI is InChI=1S/C21H34/c1-19(2)13-10-18-16-9-8-15-7-5-6-12-20(15,3)17(16)11-14-21(18,19)4/h5,7,15-18H,6,8-14H2,1-4H3/t15?,16?,17?,18?,20-,21-/m0/s1. The van der Waals surface area contributed by atoms with Crippen LogP contribution in [0.2, 0.25) is 0 Å². The molecule has 3 saturated carbocycles. The summed E-state index contributed by atoms with van der Waals surface area (Å²) in [5.74, 6) is 3.98. The molecule has 0 aliphatic heterocycles. The molecule has 0 N–H and O–H groups in total. The lowest BCUT2D eigenvalue weighted by molar-refractivity contribution is -0.103. The Morgan fingerprint density at radius 1 is 0.810 bits per heavy atom. The van der Waals surface area contributed by atoms with Crippen LogP contribution in [-0.2, 0) is 0 Å². The van der Waals surface area contributed by atoms with Crippen LogP contribution in [0.25, 0.3) is 0 Å². The van der Waals surface area contributed by atoms with E-state index in [4.69, 9.17) is 0 Å². The van der Waals surface area contributed by atoms with E-state index in [2.05, 4.69) is 39.8 Å². The van der Waals surface area contributed by atoms with Crippen molar-refractivity contribution < 1.29 is 0 Å². The zero-order valence-corrected chi connectivity index (χ0v) is 14.6. The Morgan fingerprint density at radius 3 is 2.38 bits per heavy atom. The molecular formula is C21H34. The van der Waals surface area contributed by atoms with Crippen LogP contribution in [0.3, 0.4) is 0 Å². The Labute approximate surface area is 131 Å². The fourth-order valence-electron chi connectivity index (χ4n) is 7.32. The van der Waals surface area contributed by atoms with E-state index in [1.54, 1.807) is 0 Å². The maximum atomic E-state index is 2.65. The molecule has 0 radical (unpaired) electrons. The molecular weight excluding hydrogens is 252 g/mol. The second-order valence-corrected chi connectivity index (χ2v) is 9.91. The van der Waals surface area contributed by atoms with Crippen molar-refractivity contribution in [2.24, 2.45) is 39.9 Å². The molecule has 118 valence electrons. The first-order valence-electron chi connectivity index (χ1n) is 9.55. The molecule has 0 aromatic heterocycles. The largest absolute Gasteiger partial charge is 0.0882 e. The highest BCUT2D eigenvalue weighted by atomic mass is 14.7. The van der Waals surface area contributed by atoms with Crippen molar-refractivity contribution in [1.82, 2.24) is 0 Å². The van der Waals surface area contributed by atoms with Gasteiger partial charge >= 0.3 is 0 Å². The molecule has 0 heteroatoms.